The molecule has 0 aromatic heterocycles. The predicted octanol–water partition coefficient (Wildman–Crippen LogP) is 4.35. The standard InChI is InChI=1S/C15H21F2N/c1-11(2)13-6-4-5-12(3)14(13)18-9-7-15(16,17)8-10-18/h4-6,11H,7-10H2,1-3H3. The molecule has 2 rings (SSSR count). The molecule has 1 heterocycles. The SMILES string of the molecule is Cc1cccc(C(C)C)c1N1CCC(F)(F)CC1. The molecule has 1 nitrogen and oxygen atoms in total. The molecule has 0 saturated carbocycles. The zero-order valence-corrected chi connectivity index (χ0v) is 11.3. The molecular formula is C15H21F2N. The highest BCUT2D eigenvalue weighted by Crippen LogP contribution is 2.36. The fraction of sp³-hybridized carbons (Fsp3) is 0.600. The molecular weight excluding hydrogens is 232 g/mol. The third-order valence-corrected chi connectivity index (χ3v) is 3.70. The summed E-state index contributed by atoms with van der Waals surface area (Å²) in [6, 6.07) is 6.22. The number of para-hydroxylation sites is 1. The molecule has 1 aliphatic heterocycles. The summed E-state index contributed by atoms with van der Waals surface area (Å²) in [5, 5.41) is 0. The lowest BCUT2D eigenvalue weighted by Gasteiger charge is -2.36. The summed E-state index contributed by atoms with van der Waals surface area (Å²) in [6.45, 7) is 7.27. The van der Waals surface area contributed by atoms with E-state index >= 15 is 0 Å². The lowest BCUT2D eigenvalue weighted by molar-refractivity contribution is -0.0220. The summed E-state index contributed by atoms with van der Waals surface area (Å²) in [6.07, 6.45) is -0.0578. The summed E-state index contributed by atoms with van der Waals surface area (Å²) in [5.41, 5.74) is 3.62. The van der Waals surface area contributed by atoms with Crippen LogP contribution in [0.1, 0.15) is 43.7 Å². The number of benzene rings is 1. The van der Waals surface area contributed by atoms with Crippen LogP contribution in [0.4, 0.5) is 14.5 Å². The van der Waals surface area contributed by atoms with E-state index in [1.165, 1.54) is 16.8 Å². The van der Waals surface area contributed by atoms with E-state index in [4.69, 9.17) is 0 Å². The predicted molar refractivity (Wildman–Crippen MR) is 71.7 cm³/mol. The van der Waals surface area contributed by atoms with Crippen LogP contribution in [0, 0.1) is 6.92 Å². The lowest BCUT2D eigenvalue weighted by atomic mass is 9.95. The van der Waals surface area contributed by atoms with Gasteiger partial charge in [0.1, 0.15) is 0 Å². The van der Waals surface area contributed by atoms with Crippen molar-refractivity contribution in [3.05, 3.63) is 29.3 Å². The van der Waals surface area contributed by atoms with Crippen LogP contribution < -0.4 is 4.90 Å². The van der Waals surface area contributed by atoms with Crippen LogP contribution >= 0.6 is 0 Å². The molecule has 0 atom stereocenters. The maximum absolute atomic E-state index is 13.2. The van der Waals surface area contributed by atoms with E-state index in [-0.39, 0.29) is 12.8 Å². The molecule has 1 aliphatic rings. The van der Waals surface area contributed by atoms with Crippen molar-refractivity contribution in [2.45, 2.75) is 45.5 Å². The van der Waals surface area contributed by atoms with Crippen LogP contribution in [-0.4, -0.2) is 19.0 Å². The fourth-order valence-corrected chi connectivity index (χ4v) is 2.64. The topological polar surface area (TPSA) is 3.24 Å². The Bertz CT molecular complexity index is 417. The molecule has 0 unspecified atom stereocenters. The van der Waals surface area contributed by atoms with Gasteiger partial charge in [-0.1, -0.05) is 32.0 Å². The van der Waals surface area contributed by atoms with E-state index in [0.717, 1.165) is 0 Å². The Morgan fingerprint density at radius 1 is 1.17 bits per heavy atom. The molecule has 1 saturated heterocycles. The molecule has 3 heteroatoms. The maximum Gasteiger partial charge on any atom is 0.251 e. The van der Waals surface area contributed by atoms with Crippen LogP contribution in [0.15, 0.2) is 18.2 Å². The van der Waals surface area contributed by atoms with Gasteiger partial charge in [-0.25, -0.2) is 8.78 Å². The van der Waals surface area contributed by atoms with E-state index in [0.29, 0.717) is 19.0 Å². The molecule has 0 N–H and O–H groups in total. The Balaban J connectivity index is 2.28. The number of halogens is 2. The molecule has 0 bridgehead atoms. The molecule has 0 spiro atoms. The van der Waals surface area contributed by atoms with Gasteiger partial charge in [-0.05, 0) is 24.0 Å². The zero-order valence-electron chi connectivity index (χ0n) is 11.3. The van der Waals surface area contributed by atoms with E-state index < -0.39 is 5.92 Å². The fourth-order valence-electron chi connectivity index (χ4n) is 2.64. The highest BCUT2D eigenvalue weighted by atomic mass is 19.3. The van der Waals surface area contributed by atoms with Gasteiger partial charge in [-0.3, -0.25) is 0 Å². The van der Waals surface area contributed by atoms with Gasteiger partial charge < -0.3 is 4.90 Å². The minimum Gasteiger partial charge on any atom is -0.371 e. The minimum atomic E-state index is -2.48. The van der Waals surface area contributed by atoms with E-state index in [1.54, 1.807) is 0 Å². The number of anilines is 1. The Labute approximate surface area is 108 Å². The van der Waals surface area contributed by atoms with E-state index in [1.807, 2.05) is 6.07 Å². The Morgan fingerprint density at radius 3 is 2.33 bits per heavy atom. The van der Waals surface area contributed by atoms with Crippen molar-refractivity contribution in [3.8, 4) is 0 Å². The first-order valence-corrected chi connectivity index (χ1v) is 6.63. The maximum atomic E-state index is 13.2. The van der Waals surface area contributed by atoms with Gasteiger partial charge in [0.05, 0.1) is 0 Å². The third kappa shape index (κ3) is 2.65. The van der Waals surface area contributed by atoms with Gasteiger partial charge in [0.25, 0.3) is 5.92 Å². The van der Waals surface area contributed by atoms with Gasteiger partial charge in [0.2, 0.25) is 0 Å². The third-order valence-electron chi connectivity index (χ3n) is 3.70. The number of nitrogens with zero attached hydrogens (tertiary/aromatic N) is 1. The van der Waals surface area contributed by atoms with Crippen molar-refractivity contribution in [1.82, 2.24) is 0 Å². The van der Waals surface area contributed by atoms with E-state index in [2.05, 4.69) is 37.8 Å². The first-order valence-electron chi connectivity index (χ1n) is 6.63. The Hall–Kier alpha value is -1.12. The van der Waals surface area contributed by atoms with Crippen molar-refractivity contribution in [1.29, 1.82) is 0 Å². The second kappa shape index (κ2) is 4.87. The second-order valence-electron chi connectivity index (χ2n) is 5.51. The quantitative estimate of drug-likeness (QED) is 0.757. The number of hydrogen-bond donors (Lipinski definition) is 0. The molecule has 1 aromatic rings. The zero-order chi connectivity index (χ0) is 13.3. The lowest BCUT2D eigenvalue weighted by Crippen LogP contribution is -2.40. The van der Waals surface area contributed by atoms with Gasteiger partial charge in [-0.2, -0.15) is 0 Å². The molecule has 1 fully saturated rings. The van der Waals surface area contributed by atoms with Crippen molar-refractivity contribution >= 4 is 5.69 Å². The van der Waals surface area contributed by atoms with Gasteiger partial charge in [-0.15, -0.1) is 0 Å². The Kier molecular flexibility index (Phi) is 3.60. The van der Waals surface area contributed by atoms with Crippen molar-refractivity contribution in [2.75, 3.05) is 18.0 Å². The largest absolute Gasteiger partial charge is 0.371 e. The summed E-state index contributed by atoms with van der Waals surface area (Å²) < 4.78 is 26.5. The molecule has 0 radical (unpaired) electrons. The summed E-state index contributed by atoms with van der Waals surface area (Å²) in [4.78, 5) is 2.13. The number of rotatable bonds is 2. The minimum absolute atomic E-state index is 0.0289. The Morgan fingerprint density at radius 2 is 1.78 bits per heavy atom. The van der Waals surface area contributed by atoms with Gasteiger partial charge in [0, 0.05) is 31.6 Å². The molecule has 0 amide bonds. The highest BCUT2D eigenvalue weighted by Gasteiger charge is 2.34. The molecule has 100 valence electrons. The number of aryl methyl sites for hydroxylation is 1. The molecule has 18 heavy (non-hydrogen) atoms. The van der Waals surface area contributed by atoms with Crippen LogP contribution in [-0.2, 0) is 0 Å². The first-order chi connectivity index (χ1) is 8.41. The summed E-state index contributed by atoms with van der Waals surface area (Å²) in [5.74, 6) is -2.06. The number of alkyl halides is 2. The summed E-state index contributed by atoms with van der Waals surface area (Å²) in [7, 11) is 0. The van der Waals surface area contributed by atoms with Crippen molar-refractivity contribution in [3.63, 3.8) is 0 Å². The number of hydrogen-bond acceptors (Lipinski definition) is 1. The van der Waals surface area contributed by atoms with Crippen LogP contribution in [0.3, 0.4) is 0 Å². The number of piperidine rings is 1. The van der Waals surface area contributed by atoms with Gasteiger partial charge >= 0.3 is 0 Å². The van der Waals surface area contributed by atoms with Crippen LogP contribution in [0.25, 0.3) is 0 Å². The van der Waals surface area contributed by atoms with Crippen LogP contribution in [0.5, 0.6) is 0 Å². The normalized spacial score (nSPS) is 19.3. The smallest absolute Gasteiger partial charge is 0.251 e. The van der Waals surface area contributed by atoms with Crippen LogP contribution in [0.2, 0.25) is 0 Å². The van der Waals surface area contributed by atoms with Crippen molar-refractivity contribution in [2.24, 2.45) is 0 Å². The average Bonchev–Trinajstić information content (AvgIpc) is 2.29. The average molecular weight is 253 g/mol. The monoisotopic (exact) mass is 253 g/mol. The summed E-state index contributed by atoms with van der Waals surface area (Å²) >= 11 is 0. The van der Waals surface area contributed by atoms with E-state index in [9.17, 15) is 8.78 Å². The first kappa shape index (κ1) is 13.3. The van der Waals surface area contributed by atoms with Crippen molar-refractivity contribution < 1.29 is 8.78 Å². The molecule has 1 aromatic carbocycles. The van der Waals surface area contributed by atoms with Gasteiger partial charge in [0.15, 0.2) is 0 Å². The molecule has 0 aliphatic carbocycles. The second-order valence-corrected chi connectivity index (χ2v) is 5.51. The highest BCUT2D eigenvalue weighted by molar-refractivity contribution is 5.60.